The summed E-state index contributed by atoms with van der Waals surface area (Å²) in [4.78, 5) is 0. The minimum atomic E-state index is 1.08. The highest BCUT2D eigenvalue weighted by molar-refractivity contribution is 14.1. The van der Waals surface area contributed by atoms with E-state index in [9.17, 15) is 0 Å². The van der Waals surface area contributed by atoms with Crippen LogP contribution in [-0.2, 0) is 4.43 Å². The third kappa shape index (κ3) is 1.83. The molecule has 0 nitrogen and oxygen atoms in total. The van der Waals surface area contributed by atoms with Crippen LogP contribution in [0.4, 0.5) is 0 Å². The molecule has 66 valence electrons. The molecule has 0 aliphatic carbocycles. The van der Waals surface area contributed by atoms with Crippen LogP contribution < -0.4 is 0 Å². The van der Waals surface area contributed by atoms with Crippen molar-refractivity contribution >= 4 is 56.0 Å². The summed E-state index contributed by atoms with van der Waals surface area (Å²) in [5.74, 6) is 0. The predicted octanol–water partition coefficient (Wildman–Crippen LogP) is 4.38. The van der Waals surface area contributed by atoms with Gasteiger partial charge < -0.3 is 0 Å². The molecule has 0 N–H and O–H groups in total. The van der Waals surface area contributed by atoms with Gasteiger partial charge in [0.1, 0.15) is 0 Å². The first-order chi connectivity index (χ1) is 6.33. The average molecular weight is 394 g/mol. The van der Waals surface area contributed by atoms with Gasteiger partial charge in [-0.3, -0.25) is 0 Å². The first-order valence-electron chi connectivity index (χ1n) is 4.05. The first kappa shape index (κ1) is 9.71. The Hall–Kier alpha value is 0.160. The molecule has 0 bridgehead atoms. The van der Waals surface area contributed by atoms with Gasteiger partial charge in [0.05, 0.1) is 0 Å². The largest absolute Gasteiger partial charge is 0.0811 e. The molecule has 0 unspecified atom stereocenters. The molecule has 0 saturated carbocycles. The Kier molecular flexibility index (Phi) is 3.08. The summed E-state index contributed by atoms with van der Waals surface area (Å²) in [6, 6.07) is 13.0. The summed E-state index contributed by atoms with van der Waals surface area (Å²) >= 11 is 4.84. The molecule has 2 aromatic rings. The van der Waals surface area contributed by atoms with Crippen molar-refractivity contribution in [2.75, 3.05) is 0 Å². The number of halogens is 2. The van der Waals surface area contributed by atoms with E-state index in [1.807, 2.05) is 0 Å². The molecular weight excluding hydrogens is 386 g/mol. The Morgan fingerprint density at radius 1 is 1.00 bits per heavy atom. The second-order valence-corrected chi connectivity index (χ2v) is 4.73. The van der Waals surface area contributed by atoms with Gasteiger partial charge in [0.15, 0.2) is 0 Å². The van der Waals surface area contributed by atoms with Gasteiger partial charge in [-0.15, -0.1) is 0 Å². The van der Waals surface area contributed by atoms with Crippen LogP contribution in [-0.4, -0.2) is 0 Å². The molecule has 0 atom stereocenters. The van der Waals surface area contributed by atoms with E-state index in [1.165, 1.54) is 19.9 Å². The second-order valence-electron chi connectivity index (χ2n) is 2.89. The van der Waals surface area contributed by atoms with Gasteiger partial charge in [-0.1, -0.05) is 59.0 Å². The molecule has 0 aliphatic heterocycles. The summed E-state index contributed by atoms with van der Waals surface area (Å²) < 4.78 is 2.48. The number of hydrogen-bond donors (Lipinski definition) is 0. The monoisotopic (exact) mass is 394 g/mol. The molecule has 0 spiro atoms. The Morgan fingerprint density at radius 2 is 1.77 bits per heavy atom. The Morgan fingerprint density at radius 3 is 2.54 bits per heavy atom. The number of hydrogen-bond acceptors (Lipinski definition) is 0. The van der Waals surface area contributed by atoms with Crippen LogP contribution >= 0.6 is 45.2 Å². The molecular formula is C11H8I2. The highest BCUT2D eigenvalue weighted by Gasteiger charge is 2.02. The summed E-state index contributed by atoms with van der Waals surface area (Å²) in [5.41, 5.74) is 1.43. The standard InChI is InChI=1S/C11H8I2/c12-7-9-6-5-8-3-1-2-4-10(8)11(9)13/h1-6H,7H2. The Labute approximate surface area is 105 Å². The van der Waals surface area contributed by atoms with Crippen LogP contribution in [0.3, 0.4) is 0 Å². The Bertz CT molecular complexity index is 435. The smallest absolute Gasteiger partial charge is 0.0257 e. The lowest BCUT2D eigenvalue weighted by Gasteiger charge is -2.04. The van der Waals surface area contributed by atoms with Crippen molar-refractivity contribution < 1.29 is 0 Å². The van der Waals surface area contributed by atoms with Crippen molar-refractivity contribution in [3.8, 4) is 0 Å². The Balaban J connectivity index is 2.79. The molecule has 2 aromatic carbocycles. The fourth-order valence-corrected chi connectivity index (χ4v) is 3.61. The van der Waals surface area contributed by atoms with Gasteiger partial charge in [0.25, 0.3) is 0 Å². The zero-order valence-corrected chi connectivity index (χ0v) is 11.2. The molecule has 13 heavy (non-hydrogen) atoms. The molecule has 2 rings (SSSR count). The molecule has 0 heterocycles. The molecule has 0 aliphatic rings. The molecule has 0 fully saturated rings. The quantitative estimate of drug-likeness (QED) is 0.498. The maximum Gasteiger partial charge on any atom is 0.0257 e. The average Bonchev–Trinajstić information content (AvgIpc) is 2.19. The number of alkyl halides is 1. The summed E-state index contributed by atoms with van der Waals surface area (Å²) in [6.45, 7) is 0. The lowest BCUT2D eigenvalue weighted by Crippen LogP contribution is -1.85. The SMILES string of the molecule is ICc1ccc2ccccc2c1I. The third-order valence-electron chi connectivity index (χ3n) is 2.09. The van der Waals surface area contributed by atoms with Crippen molar-refractivity contribution in [1.82, 2.24) is 0 Å². The number of rotatable bonds is 1. The van der Waals surface area contributed by atoms with Gasteiger partial charge in [0.2, 0.25) is 0 Å². The molecule has 0 aromatic heterocycles. The van der Waals surface area contributed by atoms with E-state index >= 15 is 0 Å². The van der Waals surface area contributed by atoms with Gasteiger partial charge in [-0.25, -0.2) is 0 Å². The number of benzene rings is 2. The molecule has 0 radical (unpaired) electrons. The van der Waals surface area contributed by atoms with E-state index in [0.717, 1.165) is 4.43 Å². The highest BCUT2D eigenvalue weighted by Crippen LogP contribution is 2.25. The van der Waals surface area contributed by atoms with Crippen LogP contribution in [0.1, 0.15) is 5.56 Å². The van der Waals surface area contributed by atoms with E-state index in [1.54, 1.807) is 0 Å². The zero-order chi connectivity index (χ0) is 9.26. The fourth-order valence-electron chi connectivity index (χ4n) is 1.38. The normalized spacial score (nSPS) is 10.6. The van der Waals surface area contributed by atoms with Gasteiger partial charge in [-0.05, 0) is 38.9 Å². The molecule has 0 amide bonds. The topological polar surface area (TPSA) is 0 Å². The van der Waals surface area contributed by atoms with Crippen LogP contribution in [0.5, 0.6) is 0 Å². The van der Waals surface area contributed by atoms with E-state index in [0.29, 0.717) is 0 Å². The van der Waals surface area contributed by atoms with Crippen LogP contribution in [0.2, 0.25) is 0 Å². The third-order valence-corrected chi connectivity index (χ3v) is 4.18. The molecule has 2 heteroatoms. The van der Waals surface area contributed by atoms with Crippen LogP contribution in [0.15, 0.2) is 36.4 Å². The van der Waals surface area contributed by atoms with Gasteiger partial charge in [0, 0.05) is 8.00 Å². The van der Waals surface area contributed by atoms with E-state index < -0.39 is 0 Å². The minimum Gasteiger partial charge on any atom is -0.0811 e. The summed E-state index contributed by atoms with van der Waals surface area (Å²) in [7, 11) is 0. The van der Waals surface area contributed by atoms with E-state index in [2.05, 4.69) is 81.6 Å². The lowest BCUT2D eigenvalue weighted by molar-refractivity contribution is 1.45. The molecule has 0 saturated heterocycles. The van der Waals surface area contributed by atoms with E-state index in [-0.39, 0.29) is 0 Å². The van der Waals surface area contributed by atoms with Crippen molar-refractivity contribution in [3.05, 3.63) is 45.5 Å². The zero-order valence-electron chi connectivity index (χ0n) is 6.93. The van der Waals surface area contributed by atoms with Crippen molar-refractivity contribution in [3.63, 3.8) is 0 Å². The first-order valence-corrected chi connectivity index (χ1v) is 6.65. The fraction of sp³-hybridized carbons (Fsp3) is 0.0909. The van der Waals surface area contributed by atoms with Crippen LogP contribution in [0.25, 0.3) is 10.8 Å². The maximum atomic E-state index is 2.43. The van der Waals surface area contributed by atoms with Crippen molar-refractivity contribution in [1.29, 1.82) is 0 Å². The highest BCUT2D eigenvalue weighted by atomic mass is 127. The number of fused-ring (bicyclic) bond motifs is 1. The van der Waals surface area contributed by atoms with Crippen molar-refractivity contribution in [2.45, 2.75) is 4.43 Å². The summed E-state index contributed by atoms with van der Waals surface area (Å²) in [5, 5.41) is 2.71. The maximum absolute atomic E-state index is 2.43. The second kappa shape index (κ2) is 4.13. The summed E-state index contributed by atoms with van der Waals surface area (Å²) in [6.07, 6.45) is 0. The van der Waals surface area contributed by atoms with Crippen molar-refractivity contribution in [2.24, 2.45) is 0 Å². The van der Waals surface area contributed by atoms with Crippen LogP contribution in [0, 0.1) is 3.57 Å². The predicted molar refractivity (Wildman–Crippen MR) is 74.4 cm³/mol. The van der Waals surface area contributed by atoms with E-state index in [4.69, 9.17) is 0 Å². The minimum absolute atomic E-state index is 1.08. The van der Waals surface area contributed by atoms with Gasteiger partial charge in [-0.2, -0.15) is 0 Å². The van der Waals surface area contributed by atoms with Gasteiger partial charge >= 0.3 is 0 Å². The lowest BCUT2D eigenvalue weighted by atomic mass is 10.1.